The maximum atomic E-state index is 9.54. The molecule has 1 aromatic carbocycles. The Labute approximate surface area is 125 Å². The van der Waals surface area contributed by atoms with Crippen molar-refractivity contribution in [1.82, 2.24) is 9.97 Å². The first-order valence-corrected chi connectivity index (χ1v) is 6.76. The minimum Gasteiger partial charge on any atom is -0.396 e. The molecule has 0 unspecified atom stereocenters. The van der Waals surface area contributed by atoms with Crippen LogP contribution in [0.3, 0.4) is 0 Å². The van der Waals surface area contributed by atoms with Crippen molar-refractivity contribution in [3.8, 4) is 0 Å². The topological polar surface area (TPSA) is 49.2 Å². The average Bonchev–Trinajstić information content (AvgIpc) is 2.42. The van der Waals surface area contributed by atoms with Crippen molar-refractivity contribution in [3.05, 3.63) is 30.5 Å². The number of aliphatic hydroxyl groups is 1. The number of benzene rings is 1. The number of nitrogens with zero attached hydrogens (tertiary/aromatic N) is 3. The zero-order chi connectivity index (χ0) is 13.3. The Hall–Kier alpha value is -1.39. The number of hydrogen-bond acceptors (Lipinski definition) is 4. The van der Waals surface area contributed by atoms with Crippen molar-refractivity contribution < 1.29 is 5.11 Å². The Kier molecular flexibility index (Phi) is 4.45. The molecule has 5 heteroatoms. The Bertz CT molecular complexity index is 581. The van der Waals surface area contributed by atoms with E-state index in [9.17, 15) is 5.11 Å². The molecule has 0 aliphatic heterocycles. The van der Waals surface area contributed by atoms with Crippen LogP contribution >= 0.6 is 12.4 Å². The van der Waals surface area contributed by atoms with Crippen molar-refractivity contribution in [2.24, 2.45) is 5.41 Å². The van der Waals surface area contributed by atoms with Crippen LogP contribution in [0.15, 0.2) is 30.5 Å². The summed E-state index contributed by atoms with van der Waals surface area (Å²) in [5.41, 5.74) is 1.90. The van der Waals surface area contributed by atoms with Crippen molar-refractivity contribution >= 4 is 29.3 Å². The molecule has 1 aliphatic carbocycles. The van der Waals surface area contributed by atoms with E-state index in [1.54, 1.807) is 0 Å². The summed E-state index contributed by atoms with van der Waals surface area (Å²) in [4.78, 5) is 11.2. The molecule has 20 heavy (non-hydrogen) atoms. The van der Waals surface area contributed by atoms with Gasteiger partial charge in [0.2, 0.25) is 0 Å². The zero-order valence-corrected chi connectivity index (χ0v) is 12.4. The molecule has 1 saturated carbocycles. The zero-order valence-electron chi connectivity index (χ0n) is 11.6. The number of aromatic nitrogens is 2. The summed E-state index contributed by atoms with van der Waals surface area (Å²) >= 11 is 0. The van der Waals surface area contributed by atoms with Crippen LogP contribution in [0.25, 0.3) is 11.0 Å². The van der Waals surface area contributed by atoms with E-state index >= 15 is 0 Å². The van der Waals surface area contributed by atoms with Crippen LogP contribution in [0.4, 0.5) is 5.82 Å². The van der Waals surface area contributed by atoms with E-state index in [0.29, 0.717) is 0 Å². The van der Waals surface area contributed by atoms with E-state index in [1.165, 1.54) is 6.42 Å². The van der Waals surface area contributed by atoms with Gasteiger partial charge in [-0.2, -0.15) is 0 Å². The molecule has 0 bridgehead atoms. The van der Waals surface area contributed by atoms with Gasteiger partial charge in [0.15, 0.2) is 0 Å². The number of anilines is 1. The van der Waals surface area contributed by atoms with Crippen molar-refractivity contribution in [3.63, 3.8) is 0 Å². The molecule has 1 aromatic heterocycles. The van der Waals surface area contributed by atoms with Crippen LogP contribution in [-0.2, 0) is 0 Å². The Morgan fingerprint density at radius 3 is 2.55 bits per heavy atom. The fourth-order valence-electron chi connectivity index (χ4n) is 2.76. The molecule has 4 nitrogen and oxygen atoms in total. The fourth-order valence-corrected chi connectivity index (χ4v) is 2.76. The molecule has 108 valence electrons. The van der Waals surface area contributed by atoms with Gasteiger partial charge in [-0.15, -0.1) is 12.4 Å². The second-order valence-electron chi connectivity index (χ2n) is 5.58. The Balaban J connectivity index is 0.00000147. The average molecular weight is 294 g/mol. The molecule has 1 aliphatic rings. The predicted molar refractivity (Wildman–Crippen MR) is 83.4 cm³/mol. The van der Waals surface area contributed by atoms with Crippen molar-refractivity contribution in [2.75, 3.05) is 25.1 Å². The lowest BCUT2D eigenvalue weighted by Crippen LogP contribution is -2.43. The van der Waals surface area contributed by atoms with Crippen molar-refractivity contribution in [2.45, 2.75) is 19.3 Å². The number of aliphatic hydroxyl groups excluding tert-OH is 1. The standard InChI is InChI=1S/C15H19N3O.ClH/c1-18(10-15(11-19)7-4-8-15)14-9-16-12-5-2-3-6-13(12)17-14;/h2-3,5-6,9,19H,4,7-8,10-11H2,1H3;1H. The van der Waals surface area contributed by atoms with E-state index in [-0.39, 0.29) is 24.4 Å². The van der Waals surface area contributed by atoms with Crippen LogP contribution < -0.4 is 4.90 Å². The normalized spacial score (nSPS) is 16.3. The highest BCUT2D eigenvalue weighted by Crippen LogP contribution is 2.41. The molecule has 2 aromatic rings. The maximum absolute atomic E-state index is 9.54. The third-order valence-corrected chi connectivity index (χ3v) is 4.15. The SMILES string of the molecule is CN(CC1(CO)CCC1)c1cnc2ccccc2n1.Cl. The van der Waals surface area contributed by atoms with Gasteiger partial charge in [-0.1, -0.05) is 18.6 Å². The van der Waals surface area contributed by atoms with E-state index in [4.69, 9.17) is 0 Å². The first-order chi connectivity index (χ1) is 9.22. The predicted octanol–water partition coefficient (Wildman–Crippen LogP) is 2.65. The molecule has 1 N–H and O–H groups in total. The fraction of sp³-hybridized carbons (Fsp3) is 0.467. The van der Waals surface area contributed by atoms with Gasteiger partial charge in [0, 0.05) is 19.0 Å². The molecular weight excluding hydrogens is 274 g/mol. The summed E-state index contributed by atoms with van der Waals surface area (Å²) in [6.07, 6.45) is 5.24. The van der Waals surface area contributed by atoms with Gasteiger partial charge in [-0.05, 0) is 25.0 Å². The van der Waals surface area contributed by atoms with Gasteiger partial charge in [-0.25, -0.2) is 4.98 Å². The van der Waals surface area contributed by atoms with Crippen molar-refractivity contribution in [1.29, 1.82) is 0 Å². The van der Waals surface area contributed by atoms with Gasteiger partial charge < -0.3 is 10.0 Å². The lowest BCUT2D eigenvalue weighted by atomic mass is 9.69. The van der Waals surface area contributed by atoms with Gasteiger partial charge in [0.1, 0.15) is 5.82 Å². The van der Waals surface area contributed by atoms with Gasteiger partial charge >= 0.3 is 0 Å². The van der Waals surface area contributed by atoms with E-state index < -0.39 is 0 Å². The molecule has 1 heterocycles. The van der Waals surface area contributed by atoms with Gasteiger partial charge in [-0.3, -0.25) is 4.98 Å². The molecule has 0 radical (unpaired) electrons. The first-order valence-electron chi connectivity index (χ1n) is 6.76. The largest absolute Gasteiger partial charge is 0.396 e. The number of halogens is 1. The minimum atomic E-state index is 0. The van der Waals surface area contributed by atoms with E-state index in [0.717, 1.165) is 36.2 Å². The number of para-hydroxylation sites is 2. The number of fused-ring (bicyclic) bond motifs is 1. The molecular formula is C15H20ClN3O. The highest BCUT2D eigenvalue weighted by atomic mass is 35.5. The third-order valence-electron chi connectivity index (χ3n) is 4.15. The van der Waals surface area contributed by atoms with Crippen LogP contribution in [0.2, 0.25) is 0 Å². The smallest absolute Gasteiger partial charge is 0.147 e. The summed E-state index contributed by atoms with van der Waals surface area (Å²) < 4.78 is 0. The van der Waals surface area contributed by atoms with Gasteiger partial charge in [0.05, 0.1) is 23.8 Å². The minimum absolute atomic E-state index is 0. The molecule has 0 spiro atoms. The maximum Gasteiger partial charge on any atom is 0.147 e. The molecule has 0 saturated heterocycles. The first kappa shape index (κ1) is 15.0. The summed E-state index contributed by atoms with van der Waals surface area (Å²) in [5, 5.41) is 9.54. The summed E-state index contributed by atoms with van der Waals surface area (Å²) in [6.45, 7) is 1.11. The van der Waals surface area contributed by atoms with E-state index in [1.807, 2.05) is 37.5 Å². The Morgan fingerprint density at radius 2 is 1.95 bits per heavy atom. The lowest BCUT2D eigenvalue weighted by Gasteiger charge is -2.43. The van der Waals surface area contributed by atoms with Crippen LogP contribution in [0.1, 0.15) is 19.3 Å². The quantitative estimate of drug-likeness (QED) is 0.941. The monoisotopic (exact) mass is 293 g/mol. The third kappa shape index (κ3) is 2.72. The molecule has 1 fully saturated rings. The van der Waals surface area contributed by atoms with Crippen LogP contribution in [-0.4, -0.2) is 35.3 Å². The number of rotatable bonds is 4. The second-order valence-corrected chi connectivity index (χ2v) is 5.58. The van der Waals surface area contributed by atoms with E-state index in [2.05, 4.69) is 14.9 Å². The second kappa shape index (κ2) is 5.94. The van der Waals surface area contributed by atoms with Crippen LogP contribution in [0.5, 0.6) is 0 Å². The summed E-state index contributed by atoms with van der Waals surface area (Å²) in [7, 11) is 2.02. The Morgan fingerprint density at radius 1 is 1.25 bits per heavy atom. The molecule has 3 rings (SSSR count). The highest BCUT2D eigenvalue weighted by Gasteiger charge is 2.37. The highest BCUT2D eigenvalue weighted by molar-refractivity contribution is 5.85. The lowest BCUT2D eigenvalue weighted by molar-refractivity contribution is 0.0523. The summed E-state index contributed by atoms with van der Waals surface area (Å²) in [5.74, 6) is 0.874. The summed E-state index contributed by atoms with van der Waals surface area (Å²) in [6, 6.07) is 7.88. The van der Waals surface area contributed by atoms with Crippen LogP contribution in [0, 0.1) is 5.41 Å². The molecule has 0 amide bonds. The van der Waals surface area contributed by atoms with Gasteiger partial charge in [0.25, 0.3) is 0 Å². The number of hydrogen-bond donors (Lipinski definition) is 1. The molecule has 0 atom stereocenters.